The third-order valence-corrected chi connectivity index (χ3v) is 3.72. The largest absolute Gasteiger partial charge is 0.454 e. The Morgan fingerprint density at radius 2 is 2.04 bits per heavy atom. The lowest BCUT2D eigenvalue weighted by Gasteiger charge is -2.07. The van der Waals surface area contributed by atoms with Gasteiger partial charge in [-0.25, -0.2) is 4.68 Å². The maximum atomic E-state index is 12.1. The van der Waals surface area contributed by atoms with Crippen molar-refractivity contribution in [3.8, 4) is 22.8 Å². The first kappa shape index (κ1) is 15.9. The van der Waals surface area contributed by atoms with Crippen LogP contribution in [-0.4, -0.2) is 27.6 Å². The number of ether oxygens (including phenoxy) is 2. The van der Waals surface area contributed by atoms with Gasteiger partial charge in [0, 0.05) is 17.7 Å². The zero-order valence-corrected chi connectivity index (χ0v) is 13.8. The first-order valence-electron chi connectivity index (χ1n) is 7.80. The molecule has 9 nitrogen and oxygen atoms in total. The van der Waals surface area contributed by atoms with E-state index in [9.17, 15) is 9.59 Å². The highest BCUT2D eigenvalue weighted by Crippen LogP contribution is 2.35. The number of aromatic nitrogens is 3. The highest BCUT2D eigenvalue weighted by atomic mass is 16.7. The summed E-state index contributed by atoms with van der Waals surface area (Å²) in [4.78, 5) is 24.1. The molecule has 1 aliphatic rings. The second kappa shape index (κ2) is 6.36. The highest BCUT2D eigenvalue weighted by Gasteiger charge is 2.15. The molecule has 1 amide bonds. The van der Waals surface area contributed by atoms with Gasteiger partial charge in [-0.15, -0.1) is 0 Å². The SMILES string of the molecule is Cc1cc(NC(=O)Cn2nc(-c3ccc4c(c3)OCO4)ccc2=O)no1. The minimum Gasteiger partial charge on any atom is -0.454 e. The van der Waals surface area contributed by atoms with Crippen molar-refractivity contribution in [2.24, 2.45) is 0 Å². The molecule has 0 unspecified atom stereocenters. The van der Waals surface area contributed by atoms with Gasteiger partial charge in [-0.2, -0.15) is 5.10 Å². The number of aryl methyl sites for hydroxylation is 1. The van der Waals surface area contributed by atoms with Crippen LogP contribution in [0.1, 0.15) is 5.76 Å². The van der Waals surface area contributed by atoms with Crippen LogP contribution in [0.2, 0.25) is 0 Å². The Bertz CT molecular complexity index is 1040. The zero-order chi connectivity index (χ0) is 18.1. The van der Waals surface area contributed by atoms with Crippen LogP contribution in [0.3, 0.4) is 0 Å². The molecule has 1 N–H and O–H groups in total. The smallest absolute Gasteiger partial charge is 0.267 e. The van der Waals surface area contributed by atoms with Crippen LogP contribution < -0.4 is 20.3 Å². The Morgan fingerprint density at radius 1 is 1.19 bits per heavy atom. The predicted octanol–water partition coefficient (Wildman–Crippen LogP) is 1.57. The summed E-state index contributed by atoms with van der Waals surface area (Å²) in [6, 6.07) is 9.89. The summed E-state index contributed by atoms with van der Waals surface area (Å²) in [7, 11) is 0. The van der Waals surface area contributed by atoms with Crippen molar-refractivity contribution in [2.75, 3.05) is 12.1 Å². The normalized spacial score (nSPS) is 12.2. The first-order chi connectivity index (χ1) is 12.6. The molecule has 4 rings (SSSR count). The molecular formula is C17H14N4O5. The Morgan fingerprint density at radius 3 is 2.85 bits per heavy atom. The molecule has 2 aromatic heterocycles. The van der Waals surface area contributed by atoms with Crippen LogP contribution >= 0.6 is 0 Å². The standard InChI is InChI=1S/C17H14N4O5/c1-10-6-15(20-26-10)18-16(22)8-21-17(23)5-3-12(19-21)11-2-4-13-14(7-11)25-9-24-13/h2-7H,8-9H2,1H3,(H,18,20,22). The van der Waals surface area contributed by atoms with Crippen LogP contribution in [0.4, 0.5) is 5.82 Å². The summed E-state index contributed by atoms with van der Waals surface area (Å²) in [5.41, 5.74) is 0.893. The molecule has 1 aromatic carbocycles. The maximum Gasteiger partial charge on any atom is 0.267 e. The molecule has 0 radical (unpaired) electrons. The van der Waals surface area contributed by atoms with Crippen molar-refractivity contribution >= 4 is 11.7 Å². The maximum absolute atomic E-state index is 12.1. The van der Waals surface area contributed by atoms with Gasteiger partial charge in [-0.3, -0.25) is 9.59 Å². The summed E-state index contributed by atoms with van der Waals surface area (Å²) in [6.07, 6.45) is 0. The number of amides is 1. The fourth-order valence-corrected chi connectivity index (χ4v) is 2.52. The highest BCUT2D eigenvalue weighted by molar-refractivity contribution is 5.89. The van der Waals surface area contributed by atoms with E-state index in [0.29, 0.717) is 23.0 Å². The summed E-state index contributed by atoms with van der Waals surface area (Å²) >= 11 is 0. The average Bonchev–Trinajstić information content (AvgIpc) is 3.24. The molecule has 0 saturated heterocycles. The Balaban J connectivity index is 1.56. The molecule has 132 valence electrons. The van der Waals surface area contributed by atoms with Gasteiger partial charge in [0.05, 0.1) is 5.69 Å². The number of hydrogen-bond acceptors (Lipinski definition) is 7. The van der Waals surface area contributed by atoms with Crippen molar-refractivity contribution in [2.45, 2.75) is 13.5 Å². The van der Waals surface area contributed by atoms with E-state index >= 15 is 0 Å². The number of anilines is 1. The Labute approximate surface area is 147 Å². The van der Waals surface area contributed by atoms with Crippen LogP contribution in [0.5, 0.6) is 11.5 Å². The van der Waals surface area contributed by atoms with Crippen LogP contribution in [0.25, 0.3) is 11.3 Å². The number of carbonyl (C=O) groups excluding carboxylic acids is 1. The molecule has 0 atom stereocenters. The van der Waals surface area contributed by atoms with Gasteiger partial charge in [0.1, 0.15) is 12.3 Å². The van der Waals surface area contributed by atoms with Gasteiger partial charge >= 0.3 is 0 Å². The number of nitrogens with zero attached hydrogens (tertiary/aromatic N) is 3. The van der Waals surface area contributed by atoms with Crippen LogP contribution in [0, 0.1) is 6.92 Å². The summed E-state index contributed by atoms with van der Waals surface area (Å²) < 4.78 is 16.6. The van der Waals surface area contributed by atoms with Crippen molar-refractivity contribution < 1.29 is 18.8 Å². The monoisotopic (exact) mass is 354 g/mol. The second-order valence-corrected chi connectivity index (χ2v) is 5.65. The van der Waals surface area contributed by atoms with E-state index in [4.69, 9.17) is 14.0 Å². The lowest BCUT2D eigenvalue weighted by molar-refractivity contribution is -0.117. The molecule has 26 heavy (non-hydrogen) atoms. The van der Waals surface area contributed by atoms with Gasteiger partial charge in [-0.05, 0) is 31.2 Å². The summed E-state index contributed by atoms with van der Waals surface area (Å²) in [5.74, 6) is 1.69. The minimum absolute atomic E-state index is 0.174. The molecule has 0 bridgehead atoms. The number of rotatable bonds is 4. The molecule has 0 spiro atoms. The number of hydrogen-bond donors (Lipinski definition) is 1. The zero-order valence-electron chi connectivity index (χ0n) is 13.8. The van der Waals surface area contributed by atoms with Crippen LogP contribution in [0.15, 0.2) is 45.7 Å². The lowest BCUT2D eigenvalue weighted by atomic mass is 10.1. The molecule has 3 heterocycles. The van der Waals surface area contributed by atoms with E-state index in [1.54, 1.807) is 31.2 Å². The molecule has 9 heteroatoms. The fourth-order valence-electron chi connectivity index (χ4n) is 2.52. The molecule has 0 aliphatic carbocycles. The average molecular weight is 354 g/mol. The van der Waals surface area contributed by atoms with E-state index in [1.807, 2.05) is 6.07 Å². The van der Waals surface area contributed by atoms with E-state index in [-0.39, 0.29) is 24.7 Å². The van der Waals surface area contributed by atoms with E-state index < -0.39 is 5.91 Å². The van der Waals surface area contributed by atoms with Gasteiger partial charge in [0.15, 0.2) is 17.3 Å². The predicted molar refractivity (Wildman–Crippen MR) is 89.9 cm³/mol. The van der Waals surface area contributed by atoms with Crippen molar-refractivity contribution in [3.63, 3.8) is 0 Å². The van der Waals surface area contributed by atoms with Crippen LogP contribution in [-0.2, 0) is 11.3 Å². The number of fused-ring (bicyclic) bond motifs is 1. The molecular weight excluding hydrogens is 340 g/mol. The summed E-state index contributed by atoms with van der Waals surface area (Å²) in [6.45, 7) is 1.64. The number of benzene rings is 1. The minimum atomic E-state index is -0.435. The quantitative estimate of drug-likeness (QED) is 0.757. The Kier molecular flexibility index (Phi) is 3.88. The molecule has 0 fully saturated rings. The second-order valence-electron chi connectivity index (χ2n) is 5.65. The van der Waals surface area contributed by atoms with Gasteiger partial charge in [0.2, 0.25) is 12.7 Å². The van der Waals surface area contributed by atoms with Crippen molar-refractivity contribution in [3.05, 3.63) is 52.5 Å². The fraction of sp³-hybridized carbons (Fsp3) is 0.176. The number of carbonyl (C=O) groups is 1. The first-order valence-corrected chi connectivity index (χ1v) is 7.80. The number of nitrogens with one attached hydrogen (secondary N) is 1. The van der Waals surface area contributed by atoms with Crippen molar-refractivity contribution in [1.82, 2.24) is 14.9 Å². The van der Waals surface area contributed by atoms with E-state index in [2.05, 4.69) is 15.6 Å². The third-order valence-electron chi connectivity index (χ3n) is 3.72. The van der Waals surface area contributed by atoms with E-state index in [1.165, 1.54) is 6.07 Å². The van der Waals surface area contributed by atoms with Gasteiger partial charge in [-0.1, -0.05) is 5.16 Å². The van der Waals surface area contributed by atoms with Crippen molar-refractivity contribution in [1.29, 1.82) is 0 Å². The molecule has 0 saturated carbocycles. The topological polar surface area (TPSA) is 108 Å². The molecule has 3 aromatic rings. The van der Waals surface area contributed by atoms with Gasteiger partial charge < -0.3 is 19.3 Å². The lowest BCUT2D eigenvalue weighted by Crippen LogP contribution is -2.29. The summed E-state index contributed by atoms with van der Waals surface area (Å²) in [5, 5.41) is 10.5. The van der Waals surface area contributed by atoms with E-state index in [0.717, 1.165) is 10.2 Å². The van der Waals surface area contributed by atoms with Gasteiger partial charge in [0.25, 0.3) is 5.56 Å². The molecule has 1 aliphatic heterocycles. The Hall–Kier alpha value is -3.62. The third kappa shape index (κ3) is 3.14.